The number of nitrogens with one attached hydrogen (secondary N) is 1. The number of hydrogen-bond donors (Lipinski definition) is 1. The van der Waals surface area contributed by atoms with Crippen LogP contribution >= 0.6 is 0 Å². The predicted molar refractivity (Wildman–Crippen MR) is 95.4 cm³/mol. The quantitative estimate of drug-likeness (QED) is 0.503. The van der Waals surface area contributed by atoms with Crippen molar-refractivity contribution in [3.8, 4) is 0 Å². The van der Waals surface area contributed by atoms with E-state index >= 15 is 0 Å². The normalized spacial score (nSPS) is 14.4. The highest BCUT2D eigenvalue weighted by Crippen LogP contribution is 2.31. The number of carbonyl (C=O) groups excluding carboxylic acids is 1. The Balaban J connectivity index is 1.75. The minimum atomic E-state index is -0.389. The number of benzene rings is 1. The highest BCUT2D eigenvalue weighted by atomic mass is 16.6. The fraction of sp³-hybridized carbons (Fsp3) is 0.389. The van der Waals surface area contributed by atoms with Crippen LogP contribution in [0.3, 0.4) is 0 Å². The zero-order valence-electron chi connectivity index (χ0n) is 14.2. The number of nitrogens with zero attached hydrogens (tertiary/aromatic N) is 2. The Hall–Kier alpha value is -2.83. The van der Waals surface area contributed by atoms with E-state index in [4.69, 9.17) is 4.74 Å². The first-order chi connectivity index (χ1) is 12.1. The Morgan fingerprint density at radius 3 is 2.96 bits per heavy atom. The summed E-state index contributed by atoms with van der Waals surface area (Å²) in [4.78, 5) is 27.4. The third-order valence-electron chi connectivity index (χ3n) is 4.41. The molecule has 25 heavy (non-hydrogen) atoms. The maximum Gasteiger partial charge on any atom is 0.410 e. The second kappa shape index (κ2) is 7.38. The van der Waals surface area contributed by atoms with E-state index in [1.165, 1.54) is 6.07 Å². The van der Waals surface area contributed by atoms with Crippen LogP contribution in [0.4, 0.5) is 10.5 Å². The van der Waals surface area contributed by atoms with Crippen LogP contribution in [0.25, 0.3) is 16.5 Å². The molecule has 0 atom stereocenters. The highest BCUT2D eigenvalue weighted by Gasteiger charge is 2.21. The molecule has 1 amide bonds. The van der Waals surface area contributed by atoms with Gasteiger partial charge in [-0.2, -0.15) is 0 Å². The molecule has 1 aromatic heterocycles. The molecule has 0 unspecified atom stereocenters. The molecule has 0 radical (unpaired) electrons. The molecule has 1 aliphatic rings. The minimum absolute atomic E-state index is 0.0749. The van der Waals surface area contributed by atoms with Gasteiger partial charge in [-0.1, -0.05) is 19.4 Å². The van der Waals surface area contributed by atoms with Crippen molar-refractivity contribution >= 4 is 28.3 Å². The van der Waals surface area contributed by atoms with E-state index in [2.05, 4.69) is 11.9 Å². The number of nitro groups is 1. The van der Waals surface area contributed by atoms with Crippen LogP contribution in [-0.4, -0.2) is 40.6 Å². The number of non-ortho nitro benzene ring substituents is 1. The van der Waals surface area contributed by atoms with Crippen LogP contribution in [0.2, 0.25) is 0 Å². The van der Waals surface area contributed by atoms with E-state index in [0.29, 0.717) is 26.1 Å². The molecule has 7 nitrogen and oxygen atoms in total. The van der Waals surface area contributed by atoms with Crippen LogP contribution < -0.4 is 0 Å². The molecule has 2 heterocycles. The van der Waals surface area contributed by atoms with Crippen molar-refractivity contribution in [1.29, 1.82) is 0 Å². The monoisotopic (exact) mass is 343 g/mol. The van der Waals surface area contributed by atoms with Crippen molar-refractivity contribution in [2.75, 3.05) is 19.7 Å². The number of unbranched alkanes of at least 4 members (excludes halogenated alkanes) is 1. The molecule has 1 aliphatic heterocycles. The minimum Gasteiger partial charge on any atom is -0.449 e. The smallest absolute Gasteiger partial charge is 0.410 e. The number of aromatic nitrogens is 1. The summed E-state index contributed by atoms with van der Waals surface area (Å²) in [5.74, 6) is 0. The lowest BCUT2D eigenvalue weighted by Gasteiger charge is -2.25. The Morgan fingerprint density at radius 2 is 2.28 bits per heavy atom. The zero-order chi connectivity index (χ0) is 17.8. The van der Waals surface area contributed by atoms with Gasteiger partial charge in [0.25, 0.3) is 5.69 Å². The van der Waals surface area contributed by atoms with Gasteiger partial charge in [0.05, 0.1) is 11.5 Å². The van der Waals surface area contributed by atoms with Gasteiger partial charge in [0, 0.05) is 47.9 Å². The number of H-pyrrole nitrogens is 1. The van der Waals surface area contributed by atoms with Gasteiger partial charge in [-0.05, 0) is 24.5 Å². The number of aromatic amines is 1. The first kappa shape index (κ1) is 17.0. The number of ether oxygens (including phenoxy) is 1. The van der Waals surface area contributed by atoms with Crippen LogP contribution in [0.5, 0.6) is 0 Å². The molecule has 0 saturated heterocycles. The van der Waals surface area contributed by atoms with Crippen molar-refractivity contribution in [2.45, 2.75) is 26.2 Å². The molecular weight excluding hydrogens is 322 g/mol. The van der Waals surface area contributed by atoms with Gasteiger partial charge in [-0.15, -0.1) is 0 Å². The van der Waals surface area contributed by atoms with Gasteiger partial charge in [0.1, 0.15) is 0 Å². The zero-order valence-corrected chi connectivity index (χ0v) is 14.2. The van der Waals surface area contributed by atoms with Gasteiger partial charge in [0.15, 0.2) is 0 Å². The molecular formula is C18H21N3O4. The summed E-state index contributed by atoms with van der Waals surface area (Å²) in [5.41, 5.74) is 2.98. The number of nitro benzene ring substituents is 1. The van der Waals surface area contributed by atoms with E-state index in [9.17, 15) is 14.9 Å². The SMILES string of the molecule is CCCCOC(=O)N1CC=C(c2c[nH]c3ccc([N+](=O)[O-])cc23)CC1. The summed E-state index contributed by atoms with van der Waals surface area (Å²) >= 11 is 0. The number of fused-ring (bicyclic) bond motifs is 1. The number of rotatable bonds is 5. The summed E-state index contributed by atoms with van der Waals surface area (Å²) in [6.07, 6.45) is 6.14. The molecule has 0 saturated carbocycles. The van der Waals surface area contributed by atoms with Crippen molar-refractivity contribution in [1.82, 2.24) is 9.88 Å². The van der Waals surface area contributed by atoms with Crippen molar-refractivity contribution < 1.29 is 14.5 Å². The van der Waals surface area contributed by atoms with Crippen LogP contribution in [0, 0.1) is 10.1 Å². The Morgan fingerprint density at radius 1 is 1.44 bits per heavy atom. The lowest BCUT2D eigenvalue weighted by Crippen LogP contribution is -2.35. The summed E-state index contributed by atoms with van der Waals surface area (Å²) in [6.45, 7) is 3.57. The molecule has 0 bridgehead atoms. The fourth-order valence-electron chi connectivity index (χ4n) is 2.96. The lowest BCUT2D eigenvalue weighted by molar-refractivity contribution is -0.384. The van der Waals surface area contributed by atoms with Crippen molar-refractivity contribution in [2.24, 2.45) is 0 Å². The predicted octanol–water partition coefficient (Wildman–Crippen LogP) is 4.10. The van der Waals surface area contributed by atoms with Gasteiger partial charge in [-0.25, -0.2) is 4.79 Å². The average molecular weight is 343 g/mol. The maximum atomic E-state index is 12.0. The van der Waals surface area contributed by atoms with Gasteiger partial charge in [-0.3, -0.25) is 10.1 Å². The Kier molecular flexibility index (Phi) is 5.02. The van der Waals surface area contributed by atoms with Gasteiger partial charge < -0.3 is 14.6 Å². The number of carbonyl (C=O) groups is 1. The Bertz CT molecular complexity index is 825. The topological polar surface area (TPSA) is 88.5 Å². The summed E-state index contributed by atoms with van der Waals surface area (Å²) < 4.78 is 5.24. The summed E-state index contributed by atoms with van der Waals surface area (Å²) in [5, 5.41) is 11.8. The number of hydrogen-bond acceptors (Lipinski definition) is 4. The summed E-state index contributed by atoms with van der Waals surface area (Å²) in [6, 6.07) is 4.80. The van der Waals surface area contributed by atoms with Crippen LogP contribution in [-0.2, 0) is 4.74 Å². The maximum absolute atomic E-state index is 12.0. The van der Waals surface area contributed by atoms with E-state index in [1.807, 2.05) is 12.3 Å². The molecule has 3 rings (SSSR count). The molecule has 0 aliphatic carbocycles. The highest BCUT2D eigenvalue weighted by molar-refractivity contribution is 5.94. The molecule has 0 fully saturated rings. The Labute approximate surface area is 145 Å². The van der Waals surface area contributed by atoms with E-state index in [0.717, 1.165) is 34.9 Å². The number of amides is 1. The lowest BCUT2D eigenvalue weighted by atomic mass is 9.99. The van der Waals surface area contributed by atoms with Gasteiger partial charge >= 0.3 is 6.09 Å². The average Bonchev–Trinajstić information content (AvgIpc) is 3.05. The van der Waals surface area contributed by atoms with E-state index < -0.39 is 0 Å². The molecule has 2 aromatic rings. The van der Waals surface area contributed by atoms with Crippen LogP contribution in [0.15, 0.2) is 30.5 Å². The third-order valence-corrected chi connectivity index (χ3v) is 4.41. The second-order valence-electron chi connectivity index (χ2n) is 6.08. The summed E-state index contributed by atoms with van der Waals surface area (Å²) in [7, 11) is 0. The second-order valence-corrected chi connectivity index (χ2v) is 6.08. The molecule has 132 valence electrons. The molecule has 1 N–H and O–H groups in total. The van der Waals surface area contributed by atoms with Crippen LogP contribution in [0.1, 0.15) is 31.7 Å². The van der Waals surface area contributed by atoms with Gasteiger partial charge in [0.2, 0.25) is 0 Å². The third kappa shape index (κ3) is 3.65. The van der Waals surface area contributed by atoms with E-state index in [1.54, 1.807) is 17.0 Å². The van der Waals surface area contributed by atoms with E-state index in [-0.39, 0.29) is 16.7 Å². The standard InChI is InChI=1S/C18H21N3O4/c1-2-3-10-25-18(22)20-8-6-13(7-9-20)16-12-19-17-5-4-14(21(23)24)11-15(16)17/h4-6,11-12,19H,2-3,7-10H2,1H3. The molecule has 0 spiro atoms. The first-order valence-corrected chi connectivity index (χ1v) is 8.46. The largest absolute Gasteiger partial charge is 0.449 e. The molecule has 1 aromatic carbocycles. The first-order valence-electron chi connectivity index (χ1n) is 8.46. The molecule has 7 heteroatoms. The fourth-order valence-corrected chi connectivity index (χ4v) is 2.96. The van der Waals surface area contributed by atoms with Crippen molar-refractivity contribution in [3.05, 3.63) is 46.1 Å². The van der Waals surface area contributed by atoms with Crippen molar-refractivity contribution in [3.63, 3.8) is 0 Å².